The van der Waals surface area contributed by atoms with Crippen molar-refractivity contribution in [1.82, 2.24) is 10.2 Å². The second-order valence-electron chi connectivity index (χ2n) is 6.49. The summed E-state index contributed by atoms with van der Waals surface area (Å²) in [5.74, 6) is -0.0960. The van der Waals surface area contributed by atoms with Gasteiger partial charge in [-0.15, -0.1) is 0 Å². The minimum absolute atomic E-state index is 0.0218. The molecule has 1 N–H and O–H groups in total. The quantitative estimate of drug-likeness (QED) is 0.706. The molecule has 1 fully saturated rings. The number of carbonyl (C=O) groups is 2. The summed E-state index contributed by atoms with van der Waals surface area (Å²) in [6.07, 6.45) is 0.710. The van der Waals surface area contributed by atoms with Crippen LogP contribution >= 0.6 is 0 Å². The van der Waals surface area contributed by atoms with E-state index in [1.165, 1.54) is 0 Å². The van der Waals surface area contributed by atoms with Crippen molar-refractivity contribution in [2.75, 3.05) is 33.5 Å². The SMILES string of the molecule is COCCOCCCN1C(=O)C(C)NC(=O)C1C(C)(C)C. The van der Waals surface area contributed by atoms with Crippen LogP contribution in [0.2, 0.25) is 0 Å². The number of hydrogen-bond donors (Lipinski definition) is 1. The van der Waals surface area contributed by atoms with Crippen molar-refractivity contribution < 1.29 is 19.1 Å². The maximum Gasteiger partial charge on any atom is 0.245 e. The molecule has 0 radical (unpaired) electrons. The number of rotatable bonds is 7. The van der Waals surface area contributed by atoms with Gasteiger partial charge in [-0.1, -0.05) is 20.8 Å². The smallest absolute Gasteiger partial charge is 0.245 e. The van der Waals surface area contributed by atoms with Gasteiger partial charge in [0.05, 0.1) is 13.2 Å². The summed E-state index contributed by atoms with van der Waals surface area (Å²) >= 11 is 0. The van der Waals surface area contributed by atoms with Crippen LogP contribution in [0.4, 0.5) is 0 Å². The Morgan fingerprint density at radius 2 is 1.86 bits per heavy atom. The molecular weight excluding hydrogens is 272 g/mol. The van der Waals surface area contributed by atoms with E-state index in [0.717, 1.165) is 0 Å². The van der Waals surface area contributed by atoms with E-state index < -0.39 is 12.1 Å². The number of hydrogen-bond acceptors (Lipinski definition) is 4. The highest BCUT2D eigenvalue weighted by Gasteiger charge is 2.44. The molecule has 0 aromatic rings. The zero-order valence-corrected chi connectivity index (χ0v) is 13.8. The number of methoxy groups -OCH3 is 1. The lowest BCUT2D eigenvalue weighted by Crippen LogP contribution is -2.66. The van der Waals surface area contributed by atoms with Crippen molar-refractivity contribution in [2.24, 2.45) is 5.41 Å². The van der Waals surface area contributed by atoms with Crippen LogP contribution in [0, 0.1) is 5.41 Å². The number of ether oxygens (including phenoxy) is 2. The Labute approximate surface area is 127 Å². The van der Waals surface area contributed by atoms with E-state index in [9.17, 15) is 9.59 Å². The molecule has 6 nitrogen and oxygen atoms in total. The van der Waals surface area contributed by atoms with Crippen molar-refractivity contribution >= 4 is 11.8 Å². The summed E-state index contributed by atoms with van der Waals surface area (Å²) in [6.45, 7) is 9.84. The maximum absolute atomic E-state index is 12.3. The van der Waals surface area contributed by atoms with Crippen LogP contribution < -0.4 is 5.32 Å². The predicted molar refractivity (Wildman–Crippen MR) is 79.9 cm³/mol. The van der Waals surface area contributed by atoms with Gasteiger partial charge in [0.15, 0.2) is 0 Å². The molecule has 0 aliphatic carbocycles. The molecule has 1 rings (SSSR count). The average molecular weight is 300 g/mol. The highest BCUT2D eigenvalue weighted by atomic mass is 16.5. The predicted octanol–water partition coefficient (Wildman–Crippen LogP) is 0.801. The third-order valence-corrected chi connectivity index (χ3v) is 3.51. The average Bonchev–Trinajstić information content (AvgIpc) is 2.37. The Morgan fingerprint density at radius 3 is 2.43 bits per heavy atom. The van der Waals surface area contributed by atoms with Crippen molar-refractivity contribution in [3.8, 4) is 0 Å². The van der Waals surface area contributed by atoms with Gasteiger partial charge in [-0.2, -0.15) is 0 Å². The number of nitrogens with one attached hydrogen (secondary N) is 1. The molecule has 1 saturated heterocycles. The third kappa shape index (κ3) is 4.97. The lowest BCUT2D eigenvalue weighted by atomic mass is 9.83. The van der Waals surface area contributed by atoms with Crippen LogP contribution in [0.15, 0.2) is 0 Å². The summed E-state index contributed by atoms with van der Waals surface area (Å²) < 4.78 is 10.3. The van der Waals surface area contributed by atoms with Gasteiger partial charge in [0.25, 0.3) is 0 Å². The second-order valence-corrected chi connectivity index (χ2v) is 6.49. The highest BCUT2D eigenvalue weighted by molar-refractivity contribution is 5.97. The number of carbonyl (C=O) groups excluding carboxylic acids is 2. The van der Waals surface area contributed by atoms with E-state index in [4.69, 9.17) is 9.47 Å². The molecule has 0 aromatic carbocycles. The van der Waals surface area contributed by atoms with Gasteiger partial charge in [0.1, 0.15) is 12.1 Å². The lowest BCUT2D eigenvalue weighted by Gasteiger charge is -2.44. The first kappa shape index (κ1) is 17.9. The highest BCUT2D eigenvalue weighted by Crippen LogP contribution is 2.27. The van der Waals surface area contributed by atoms with E-state index in [0.29, 0.717) is 32.8 Å². The van der Waals surface area contributed by atoms with Gasteiger partial charge in [-0.05, 0) is 18.8 Å². The Hall–Kier alpha value is -1.14. The molecule has 1 heterocycles. The molecule has 6 heteroatoms. The monoisotopic (exact) mass is 300 g/mol. The van der Waals surface area contributed by atoms with Gasteiger partial charge in [0, 0.05) is 20.3 Å². The summed E-state index contributed by atoms with van der Waals surface area (Å²) in [7, 11) is 1.63. The van der Waals surface area contributed by atoms with Gasteiger partial charge >= 0.3 is 0 Å². The maximum atomic E-state index is 12.3. The van der Waals surface area contributed by atoms with E-state index in [1.54, 1.807) is 18.9 Å². The number of nitrogens with zero attached hydrogens (tertiary/aromatic N) is 1. The van der Waals surface area contributed by atoms with E-state index >= 15 is 0 Å². The first-order valence-electron chi connectivity index (χ1n) is 7.46. The summed E-state index contributed by atoms with van der Waals surface area (Å²) in [5.41, 5.74) is -0.295. The van der Waals surface area contributed by atoms with E-state index in [2.05, 4.69) is 5.32 Å². The van der Waals surface area contributed by atoms with Crippen LogP contribution in [0.3, 0.4) is 0 Å². The summed E-state index contributed by atoms with van der Waals surface area (Å²) in [6, 6.07) is -0.884. The molecule has 0 aromatic heterocycles. The fourth-order valence-electron chi connectivity index (χ4n) is 2.55. The number of piperazine rings is 1. The van der Waals surface area contributed by atoms with Crippen LogP contribution in [-0.4, -0.2) is 62.3 Å². The molecule has 122 valence electrons. The Kier molecular flexibility index (Phi) is 6.61. The van der Waals surface area contributed by atoms with Crippen LogP contribution in [0.5, 0.6) is 0 Å². The molecule has 21 heavy (non-hydrogen) atoms. The fraction of sp³-hybridized carbons (Fsp3) is 0.867. The minimum atomic E-state index is -0.453. The minimum Gasteiger partial charge on any atom is -0.382 e. The summed E-state index contributed by atoms with van der Waals surface area (Å²) in [4.78, 5) is 26.3. The van der Waals surface area contributed by atoms with E-state index in [1.807, 2.05) is 20.8 Å². The molecule has 0 spiro atoms. The van der Waals surface area contributed by atoms with Gasteiger partial charge < -0.3 is 19.7 Å². The van der Waals surface area contributed by atoms with Crippen molar-refractivity contribution in [2.45, 2.75) is 46.2 Å². The zero-order chi connectivity index (χ0) is 16.0. The lowest BCUT2D eigenvalue weighted by molar-refractivity contribution is -0.153. The third-order valence-electron chi connectivity index (χ3n) is 3.51. The van der Waals surface area contributed by atoms with Crippen LogP contribution in [-0.2, 0) is 19.1 Å². The second kappa shape index (κ2) is 7.75. The molecule has 1 aliphatic heterocycles. The number of amides is 2. The molecule has 2 unspecified atom stereocenters. The Balaban J connectivity index is 2.60. The van der Waals surface area contributed by atoms with Crippen molar-refractivity contribution in [3.63, 3.8) is 0 Å². The van der Waals surface area contributed by atoms with Gasteiger partial charge in [0.2, 0.25) is 11.8 Å². The van der Waals surface area contributed by atoms with Gasteiger partial charge in [-0.25, -0.2) is 0 Å². The zero-order valence-electron chi connectivity index (χ0n) is 13.8. The standard InChI is InChI=1S/C15H28N2O4/c1-11-14(19)17(7-6-8-21-10-9-20-5)12(13(18)16-11)15(2,3)4/h11-12H,6-10H2,1-5H3,(H,16,18). The first-order chi connectivity index (χ1) is 9.79. The first-order valence-corrected chi connectivity index (χ1v) is 7.46. The fourth-order valence-corrected chi connectivity index (χ4v) is 2.55. The molecule has 2 atom stereocenters. The Bertz CT molecular complexity index is 365. The van der Waals surface area contributed by atoms with Crippen LogP contribution in [0.25, 0.3) is 0 Å². The molecule has 1 aliphatic rings. The summed E-state index contributed by atoms with van der Waals surface area (Å²) in [5, 5.41) is 2.76. The van der Waals surface area contributed by atoms with Crippen LogP contribution in [0.1, 0.15) is 34.1 Å². The largest absolute Gasteiger partial charge is 0.382 e. The van der Waals surface area contributed by atoms with Crippen molar-refractivity contribution in [3.05, 3.63) is 0 Å². The molecule has 0 saturated carbocycles. The van der Waals surface area contributed by atoms with Crippen molar-refractivity contribution in [1.29, 1.82) is 0 Å². The van der Waals surface area contributed by atoms with E-state index in [-0.39, 0.29) is 17.2 Å². The Morgan fingerprint density at radius 1 is 1.19 bits per heavy atom. The van der Waals surface area contributed by atoms with Gasteiger partial charge in [-0.3, -0.25) is 9.59 Å². The normalized spacial score (nSPS) is 23.4. The topological polar surface area (TPSA) is 67.9 Å². The molecule has 0 bridgehead atoms. The molecule has 2 amide bonds. The molecular formula is C15H28N2O4.